The number of nitrogens with zero attached hydrogens (tertiary/aromatic N) is 1. The van der Waals surface area contributed by atoms with Crippen molar-refractivity contribution in [1.29, 1.82) is 0 Å². The first-order chi connectivity index (χ1) is 7.63. The van der Waals surface area contributed by atoms with E-state index in [2.05, 4.69) is 11.8 Å². The molecule has 0 unspecified atom stereocenters. The van der Waals surface area contributed by atoms with Crippen molar-refractivity contribution in [3.8, 4) is 0 Å². The van der Waals surface area contributed by atoms with Crippen molar-refractivity contribution >= 4 is 11.7 Å². The first-order valence-corrected chi connectivity index (χ1v) is 5.49. The van der Waals surface area contributed by atoms with Crippen molar-refractivity contribution in [2.45, 2.75) is 19.9 Å². The number of hydrogen-bond acceptors (Lipinski definition) is 3. The maximum atomic E-state index is 10.9. The fourth-order valence-corrected chi connectivity index (χ4v) is 2.20. The summed E-state index contributed by atoms with van der Waals surface area (Å²) in [5.41, 5.74) is 8.74. The number of benzene rings is 1. The number of carbonyl (C=O) groups is 1. The van der Waals surface area contributed by atoms with Crippen LogP contribution in [0, 0.1) is 0 Å². The van der Waals surface area contributed by atoms with Gasteiger partial charge in [-0.3, -0.25) is 4.90 Å². The Balaban J connectivity index is 2.40. The second-order valence-electron chi connectivity index (χ2n) is 4.09. The molecular formula is C12H16N2O2. The van der Waals surface area contributed by atoms with E-state index in [0.717, 1.165) is 37.2 Å². The Morgan fingerprint density at radius 1 is 1.56 bits per heavy atom. The zero-order valence-corrected chi connectivity index (χ0v) is 9.36. The molecule has 4 heteroatoms. The third kappa shape index (κ3) is 1.76. The van der Waals surface area contributed by atoms with Crippen molar-refractivity contribution in [3.63, 3.8) is 0 Å². The van der Waals surface area contributed by atoms with E-state index < -0.39 is 5.97 Å². The topological polar surface area (TPSA) is 66.6 Å². The van der Waals surface area contributed by atoms with Gasteiger partial charge in [0.25, 0.3) is 0 Å². The molecule has 1 aliphatic rings. The maximum absolute atomic E-state index is 10.9. The van der Waals surface area contributed by atoms with Crippen LogP contribution in [-0.4, -0.2) is 29.1 Å². The summed E-state index contributed by atoms with van der Waals surface area (Å²) in [5, 5.41) is 8.97. The number of nitrogens with two attached hydrogens (primary N) is 1. The van der Waals surface area contributed by atoms with Crippen molar-refractivity contribution in [3.05, 3.63) is 28.8 Å². The third-order valence-corrected chi connectivity index (χ3v) is 3.20. The van der Waals surface area contributed by atoms with Gasteiger partial charge < -0.3 is 10.8 Å². The second-order valence-corrected chi connectivity index (χ2v) is 4.09. The summed E-state index contributed by atoms with van der Waals surface area (Å²) in [5.74, 6) is -0.946. The SMILES string of the molecule is CCN1CCc2c(ccc(C(=O)O)c2N)C1. The van der Waals surface area contributed by atoms with Gasteiger partial charge >= 0.3 is 5.97 Å². The van der Waals surface area contributed by atoms with Crippen LogP contribution in [0.25, 0.3) is 0 Å². The number of fused-ring (bicyclic) bond motifs is 1. The van der Waals surface area contributed by atoms with E-state index in [-0.39, 0.29) is 5.56 Å². The molecule has 0 saturated carbocycles. The van der Waals surface area contributed by atoms with E-state index in [9.17, 15) is 4.79 Å². The minimum atomic E-state index is -0.946. The largest absolute Gasteiger partial charge is 0.478 e. The lowest BCUT2D eigenvalue weighted by atomic mass is 9.95. The van der Waals surface area contributed by atoms with Crippen molar-refractivity contribution in [1.82, 2.24) is 4.90 Å². The fourth-order valence-electron chi connectivity index (χ4n) is 2.20. The quantitative estimate of drug-likeness (QED) is 0.738. The normalized spacial score (nSPS) is 15.8. The van der Waals surface area contributed by atoms with Gasteiger partial charge in [0.05, 0.1) is 5.56 Å². The molecule has 16 heavy (non-hydrogen) atoms. The molecule has 1 heterocycles. The molecule has 86 valence electrons. The van der Waals surface area contributed by atoms with Crippen LogP contribution in [0.1, 0.15) is 28.4 Å². The summed E-state index contributed by atoms with van der Waals surface area (Å²) in [6.45, 7) is 4.96. The van der Waals surface area contributed by atoms with E-state index in [1.807, 2.05) is 6.07 Å². The predicted octanol–water partition coefficient (Wildman–Crippen LogP) is 1.34. The van der Waals surface area contributed by atoms with E-state index in [1.165, 1.54) is 0 Å². The summed E-state index contributed by atoms with van der Waals surface area (Å²) < 4.78 is 0. The molecule has 1 aromatic rings. The average Bonchev–Trinajstić information content (AvgIpc) is 2.28. The maximum Gasteiger partial charge on any atom is 0.337 e. The lowest BCUT2D eigenvalue weighted by Gasteiger charge is -2.28. The number of hydrogen-bond donors (Lipinski definition) is 2. The molecule has 1 aromatic carbocycles. The van der Waals surface area contributed by atoms with Crippen LogP contribution in [0.2, 0.25) is 0 Å². The first-order valence-electron chi connectivity index (χ1n) is 5.49. The fraction of sp³-hybridized carbons (Fsp3) is 0.417. The van der Waals surface area contributed by atoms with Gasteiger partial charge in [-0.2, -0.15) is 0 Å². The molecule has 0 fully saturated rings. The van der Waals surface area contributed by atoms with Crippen LogP contribution in [0.15, 0.2) is 12.1 Å². The van der Waals surface area contributed by atoms with Gasteiger partial charge in [0.1, 0.15) is 0 Å². The summed E-state index contributed by atoms with van der Waals surface area (Å²) in [4.78, 5) is 13.3. The zero-order chi connectivity index (χ0) is 11.7. The number of anilines is 1. The number of nitrogen functional groups attached to an aromatic ring is 1. The van der Waals surface area contributed by atoms with E-state index in [0.29, 0.717) is 5.69 Å². The zero-order valence-electron chi connectivity index (χ0n) is 9.36. The Labute approximate surface area is 94.7 Å². The monoisotopic (exact) mass is 220 g/mol. The first kappa shape index (κ1) is 11.0. The van der Waals surface area contributed by atoms with Crippen LogP contribution in [0.4, 0.5) is 5.69 Å². The number of carboxylic acids is 1. The molecule has 0 aromatic heterocycles. The van der Waals surface area contributed by atoms with Gasteiger partial charge in [-0.25, -0.2) is 4.79 Å². The molecule has 0 saturated heterocycles. The Morgan fingerprint density at radius 3 is 2.94 bits per heavy atom. The highest BCUT2D eigenvalue weighted by atomic mass is 16.4. The van der Waals surface area contributed by atoms with Crippen LogP contribution in [0.5, 0.6) is 0 Å². The average molecular weight is 220 g/mol. The molecule has 1 aliphatic heterocycles. The highest BCUT2D eigenvalue weighted by molar-refractivity contribution is 5.94. The number of carboxylic acid groups (broad SMARTS) is 1. The van der Waals surface area contributed by atoms with E-state index in [4.69, 9.17) is 10.8 Å². The summed E-state index contributed by atoms with van der Waals surface area (Å²) in [6.07, 6.45) is 0.843. The van der Waals surface area contributed by atoms with Gasteiger partial charge in [-0.1, -0.05) is 13.0 Å². The molecule has 3 N–H and O–H groups in total. The van der Waals surface area contributed by atoms with Crippen molar-refractivity contribution in [2.24, 2.45) is 0 Å². The summed E-state index contributed by atoms with van der Waals surface area (Å²) in [7, 11) is 0. The summed E-state index contributed by atoms with van der Waals surface area (Å²) in [6, 6.07) is 3.49. The van der Waals surface area contributed by atoms with Gasteiger partial charge in [0.2, 0.25) is 0 Å². The Morgan fingerprint density at radius 2 is 2.31 bits per heavy atom. The Kier molecular flexibility index (Phi) is 2.83. The van der Waals surface area contributed by atoms with Gasteiger partial charge in [0, 0.05) is 18.8 Å². The Bertz CT molecular complexity index is 429. The summed E-state index contributed by atoms with van der Waals surface area (Å²) >= 11 is 0. The van der Waals surface area contributed by atoms with E-state index in [1.54, 1.807) is 6.07 Å². The molecule has 0 aliphatic carbocycles. The Hall–Kier alpha value is -1.55. The third-order valence-electron chi connectivity index (χ3n) is 3.20. The van der Waals surface area contributed by atoms with Crippen molar-refractivity contribution in [2.75, 3.05) is 18.8 Å². The van der Waals surface area contributed by atoms with Crippen molar-refractivity contribution < 1.29 is 9.90 Å². The van der Waals surface area contributed by atoms with Gasteiger partial charge in [-0.15, -0.1) is 0 Å². The lowest BCUT2D eigenvalue weighted by molar-refractivity contribution is 0.0698. The minimum Gasteiger partial charge on any atom is -0.478 e. The number of aromatic carboxylic acids is 1. The standard InChI is InChI=1S/C12H16N2O2/c1-2-14-6-5-9-8(7-14)3-4-10(11(9)13)12(15)16/h3-4H,2,5-7,13H2,1H3,(H,15,16). The van der Waals surface area contributed by atoms with Crippen LogP contribution in [-0.2, 0) is 13.0 Å². The second kappa shape index (κ2) is 4.14. The molecule has 4 nitrogen and oxygen atoms in total. The molecule has 0 spiro atoms. The van der Waals surface area contributed by atoms with Gasteiger partial charge in [0.15, 0.2) is 0 Å². The van der Waals surface area contributed by atoms with Gasteiger partial charge in [-0.05, 0) is 30.2 Å². The van der Waals surface area contributed by atoms with Crippen LogP contribution >= 0.6 is 0 Å². The predicted molar refractivity (Wildman–Crippen MR) is 62.5 cm³/mol. The lowest BCUT2D eigenvalue weighted by Crippen LogP contribution is -2.31. The number of likely N-dealkylation sites (N-methyl/N-ethyl adjacent to an activating group) is 1. The molecule has 0 radical (unpaired) electrons. The highest BCUT2D eigenvalue weighted by Crippen LogP contribution is 2.27. The molecule has 0 amide bonds. The highest BCUT2D eigenvalue weighted by Gasteiger charge is 2.20. The molecule has 0 bridgehead atoms. The molecular weight excluding hydrogens is 204 g/mol. The molecule has 2 rings (SSSR count). The number of rotatable bonds is 2. The van der Waals surface area contributed by atoms with Crippen LogP contribution < -0.4 is 5.73 Å². The smallest absolute Gasteiger partial charge is 0.337 e. The van der Waals surface area contributed by atoms with E-state index >= 15 is 0 Å². The molecule has 0 atom stereocenters. The van der Waals surface area contributed by atoms with Crippen LogP contribution in [0.3, 0.4) is 0 Å². The minimum absolute atomic E-state index is 0.226.